The van der Waals surface area contributed by atoms with Gasteiger partial charge in [-0.2, -0.15) is 0 Å². The normalized spacial score (nSPS) is 23.4. The van der Waals surface area contributed by atoms with Crippen LogP contribution in [0.15, 0.2) is 36.4 Å². The van der Waals surface area contributed by atoms with Crippen LogP contribution in [0.2, 0.25) is 0 Å². The molecule has 2 nitrogen and oxygen atoms in total. The van der Waals surface area contributed by atoms with E-state index in [0.29, 0.717) is 12.0 Å². The van der Waals surface area contributed by atoms with E-state index in [-0.39, 0.29) is 0 Å². The van der Waals surface area contributed by atoms with Crippen LogP contribution in [-0.2, 0) is 0 Å². The second-order valence-corrected chi connectivity index (χ2v) is 6.83. The van der Waals surface area contributed by atoms with E-state index in [1.165, 1.54) is 40.8 Å². The molecule has 114 valence electrons. The van der Waals surface area contributed by atoms with Gasteiger partial charge >= 0.3 is 0 Å². The van der Waals surface area contributed by atoms with Crippen molar-refractivity contribution in [2.24, 2.45) is 0 Å². The number of nitrogens with one attached hydrogen (secondary N) is 2. The molecule has 0 unspecified atom stereocenters. The molecule has 2 aromatic carbocycles. The molecule has 2 aliphatic heterocycles. The predicted octanol–water partition coefficient (Wildman–Crippen LogP) is 4.23. The zero-order valence-electron chi connectivity index (χ0n) is 13.4. The van der Waals surface area contributed by atoms with Crippen LogP contribution in [0.4, 0.5) is 5.69 Å². The van der Waals surface area contributed by atoms with Crippen LogP contribution in [0.3, 0.4) is 0 Å². The van der Waals surface area contributed by atoms with Crippen LogP contribution >= 0.6 is 0 Å². The Labute approximate surface area is 132 Å². The number of fused-ring (bicyclic) bond motifs is 3. The zero-order chi connectivity index (χ0) is 15.1. The highest BCUT2D eigenvalue weighted by Gasteiger charge is 2.34. The van der Waals surface area contributed by atoms with E-state index < -0.39 is 0 Å². The monoisotopic (exact) mass is 292 g/mol. The third-order valence-electron chi connectivity index (χ3n) is 5.10. The summed E-state index contributed by atoms with van der Waals surface area (Å²) in [6.07, 6.45) is 2.44. The van der Waals surface area contributed by atoms with Crippen LogP contribution in [-0.4, -0.2) is 19.1 Å². The molecule has 0 aromatic heterocycles. The van der Waals surface area contributed by atoms with E-state index in [2.05, 4.69) is 60.9 Å². The molecule has 1 fully saturated rings. The van der Waals surface area contributed by atoms with Gasteiger partial charge in [-0.05, 0) is 62.5 Å². The third kappa shape index (κ3) is 2.32. The lowest BCUT2D eigenvalue weighted by Gasteiger charge is -2.18. The van der Waals surface area contributed by atoms with Crippen molar-refractivity contribution in [2.75, 3.05) is 18.4 Å². The number of hydrogen-bond acceptors (Lipinski definition) is 2. The van der Waals surface area contributed by atoms with E-state index in [9.17, 15) is 0 Å². The van der Waals surface area contributed by atoms with Gasteiger partial charge in [0.25, 0.3) is 0 Å². The molecular formula is C20H24N2. The molecule has 0 saturated carbocycles. The van der Waals surface area contributed by atoms with Gasteiger partial charge in [0.2, 0.25) is 0 Å². The van der Waals surface area contributed by atoms with Crippen molar-refractivity contribution in [3.63, 3.8) is 0 Å². The maximum atomic E-state index is 3.78. The summed E-state index contributed by atoms with van der Waals surface area (Å²) in [5.41, 5.74) is 8.38. The molecule has 0 aliphatic carbocycles. The van der Waals surface area contributed by atoms with Crippen molar-refractivity contribution in [1.82, 2.24) is 5.32 Å². The lowest BCUT2D eigenvalue weighted by Crippen LogP contribution is -2.21. The number of benzene rings is 2. The fourth-order valence-corrected chi connectivity index (χ4v) is 4.23. The zero-order valence-corrected chi connectivity index (χ0v) is 13.4. The molecular weight excluding hydrogens is 268 g/mol. The van der Waals surface area contributed by atoms with Gasteiger partial charge in [-0.25, -0.2) is 0 Å². The molecule has 2 heteroatoms. The Balaban J connectivity index is 1.84. The van der Waals surface area contributed by atoms with Gasteiger partial charge in [-0.3, -0.25) is 0 Å². The minimum absolute atomic E-state index is 0.594. The van der Waals surface area contributed by atoms with Crippen LogP contribution in [0.1, 0.15) is 35.4 Å². The average Bonchev–Trinajstić information content (AvgIpc) is 2.68. The van der Waals surface area contributed by atoms with Crippen molar-refractivity contribution >= 4 is 5.69 Å². The molecule has 0 spiro atoms. The highest BCUT2D eigenvalue weighted by Crippen LogP contribution is 2.45. The number of aryl methyl sites for hydroxylation is 2. The first-order valence-electron chi connectivity index (χ1n) is 8.41. The van der Waals surface area contributed by atoms with Crippen molar-refractivity contribution in [1.29, 1.82) is 0 Å². The lowest BCUT2D eigenvalue weighted by atomic mass is 9.85. The van der Waals surface area contributed by atoms with Crippen molar-refractivity contribution in [3.8, 4) is 11.1 Å². The van der Waals surface area contributed by atoms with Crippen LogP contribution in [0.5, 0.6) is 0 Å². The van der Waals surface area contributed by atoms with Gasteiger partial charge < -0.3 is 10.6 Å². The van der Waals surface area contributed by atoms with Gasteiger partial charge in [-0.1, -0.05) is 41.5 Å². The first kappa shape index (κ1) is 13.8. The molecule has 4 rings (SSSR count). The smallest absolute Gasteiger partial charge is 0.0384 e. The van der Waals surface area contributed by atoms with Gasteiger partial charge in [0.1, 0.15) is 0 Å². The minimum atomic E-state index is 0.594. The largest absolute Gasteiger partial charge is 0.381 e. The fraction of sp³-hybridized carbons (Fsp3) is 0.400. The number of hydrogen-bond donors (Lipinski definition) is 2. The molecule has 2 N–H and O–H groups in total. The fourth-order valence-electron chi connectivity index (χ4n) is 4.23. The van der Waals surface area contributed by atoms with Crippen LogP contribution in [0.25, 0.3) is 11.1 Å². The second kappa shape index (κ2) is 5.44. The summed E-state index contributed by atoms with van der Waals surface area (Å²) in [7, 11) is 0. The first-order valence-corrected chi connectivity index (χ1v) is 8.41. The van der Waals surface area contributed by atoms with Crippen LogP contribution in [0, 0.1) is 13.8 Å². The molecule has 0 amide bonds. The summed E-state index contributed by atoms with van der Waals surface area (Å²) in [6, 6.07) is 14.2. The Kier molecular flexibility index (Phi) is 3.42. The summed E-state index contributed by atoms with van der Waals surface area (Å²) in [5, 5.41) is 7.32. The second-order valence-electron chi connectivity index (χ2n) is 6.83. The molecule has 22 heavy (non-hydrogen) atoms. The highest BCUT2D eigenvalue weighted by molar-refractivity contribution is 5.78. The summed E-state index contributed by atoms with van der Waals surface area (Å²) in [6.45, 7) is 6.64. The summed E-state index contributed by atoms with van der Waals surface area (Å²) in [4.78, 5) is 0. The molecule has 2 atom stereocenters. The molecule has 0 radical (unpaired) electrons. The number of anilines is 1. The summed E-state index contributed by atoms with van der Waals surface area (Å²) in [5.74, 6) is 0.641. The quantitative estimate of drug-likeness (QED) is 0.822. The lowest BCUT2D eigenvalue weighted by molar-refractivity contribution is 0.579. The predicted molar refractivity (Wildman–Crippen MR) is 93.6 cm³/mol. The van der Waals surface area contributed by atoms with E-state index in [1.807, 2.05) is 0 Å². The van der Waals surface area contributed by atoms with Gasteiger partial charge in [0.15, 0.2) is 0 Å². The number of rotatable bonds is 1. The van der Waals surface area contributed by atoms with Gasteiger partial charge in [0.05, 0.1) is 0 Å². The van der Waals surface area contributed by atoms with Crippen molar-refractivity contribution in [2.45, 2.75) is 38.6 Å². The van der Waals surface area contributed by atoms with Gasteiger partial charge in [-0.15, -0.1) is 0 Å². The molecule has 1 saturated heterocycles. The van der Waals surface area contributed by atoms with Crippen molar-refractivity contribution in [3.05, 3.63) is 53.1 Å². The highest BCUT2D eigenvalue weighted by atomic mass is 15.0. The maximum absolute atomic E-state index is 3.78. The SMILES string of the molecule is Cc1cc(C)cc(-c2cccc3c2[C@H]2CCNCC[C@@H]2N3)c1. The summed E-state index contributed by atoms with van der Waals surface area (Å²) >= 11 is 0. The molecule has 2 heterocycles. The maximum Gasteiger partial charge on any atom is 0.0384 e. The summed E-state index contributed by atoms with van der Waals surface area (Å²) < 4.78 is 0. The Morgan fingerprint density at radius 3 is 2.55 bits per heavy atom. The van der Waals surface area contributed by atoms with E-state index >= 15 is 0 Å². The van der Waals surface area contributed by atoms with Crippen molar-refractivity contribution < 1.29 is 0 Å². The third-order valence-corrected chi connectivity index (χ3v) is 5.10. The minimum Gasteiger partial charge on any atom is -0.381 e. The Morgan fingerprint density at radius 1 is 0.955 bits per heavy atom. The first-order chi connectivity index (χ1) is 10.7. The molecule has 2 aromatic rings. The average molecular weight is 292 g/mol. The topological polar surface area (TPSA) is 24.1 Å². The van der Waals surface area contributed by atoms with Gasteiger partial charge in [0, 0.05) is 17.6 Å². The van der Waals surface area contributed by atoms with E-state index in [4.69, 9.17) is 0 Å². The Hall–Kier alpha value is -1.80. The molecule has 2 aliphatic rings. The Morgan fingerprint density at radius 2 is 1.73 bits per heavy atom. The Bertz CT molecular complexity index is 685. The van der Waals surface area contributed by atoms with Crippen LogP contribution < -0.4 is 10.6 Å². The standard InChI is InChI=1S/C20H24N2/c1-13-10-14(2)12-15(11-13)16-4-3-5-19-20(16)17-6-8-21-9-7-18(17)22-19/h3-5,10-12,17-18,21-22H,6-9H2,1-2H3/t17-,18-/m0/s1. The van der Waals surface area contributed by atoms with E-state index in [1.54, 1.807) is 5.56 Å². The molecule has 0 bridgehead atoms. The van der Waals surface area contributed by atoms with E-state index in [0.717, 1.165) is 13.1 Å².